The number of nitrogens with one attached hydrogen (secondary N) is 1. The van der Waals surface area contributed by atoms with E-state index in [-0.39, 0.29) is 36.2 Å². The molecule has 25 heavy (non-hydrogen) atoms. The van der Waals surface area contributed by atoms with Gasteiger partial charge in [-0.05, 0) is 56.3 Å². The van der Waals surface area contributed by atoms with E-state index in [0.717, 1.165) is 36.1 Å². The van der Waals surface area contributed by atoms with E-state index in [1.807, 2.05) is 32.0 Å². The Labute approximate surface area is 155 Å². The van der Waals surface area contributed by atoms with Crippen LogP contribution in [0.1, 0.15) is 36.8 Å². The van der Waals surface area contributed by atoms with E-state index in [1.54, 1.807) is 4.90 Å². The molecule has 1 aromatic carbocycles. The van der Waals surface area contributed by atoms with E-state index in [0.29, 0.717) is 25.4 Å². The molecule has 1 aromatic rings. The van der Waals surface area contributed by atoms with Gasteiger partial charge in [0.2, 0.25) is 11.8 Å². The zero-order valence-corrected chi connectivity index (χ0v) is 15.8. The van der Waals surface area contributed by atoms with Crippen LogP contribution in [0.15, 0.2) is 18.2 Å². The average Bonchev–Trinajstić information content (AvgIpc) is 3.16. The minimum atomic E-state index is -0.267. The monoisotopic (exact) mass is 365 g/mol. The topological polar surface area (TPSA) is 75.4 Å². The average molecular weight is 366 g/mol. The van der Waals surface area contributed by atoms with Crippen LogP contribution in [0, 0.1) is 25.7 Å². The molecule has 1 saturated carbocycles. The molecule has 1 saturated heterocycles. The Kier molecular flexibility index (Phi) is 6.47. The predicted octanol–water partition coefficient (Wildman–Crippen LogP) is 2.32. The van der Waals surface area contributed by atoms with E-state index in [2.05, 4.69) is 5.32 Å². The summed E-state index contributed by atoms with van der Waals surface area (Å²) in [6.07, 6.45) is 3.49. The molecule has 2 fully saturated rings. The Balaban J connectivity index is 0.00000225. The molecule has 3 rings (SSSR count). The highest BCUT2D eigenvalue weighted by atomic mass is 35.5. The second-order valence-electron chi connectivity index (χ2n) is 7.17. The molecule has 6 heteroatoms. The first-order valence-electron chi connectivity index (χ1n) is 8.88. The Hall–Kier alpha value is -1.59. The zero-order valence-electron chi connectivity index (χ0n) is 15.0. The molecule has 0 radical (unpaired) electrons. The summed E-state index contributed by atoms with van der Waals surface area (Å²) >= 11 is 0. The fraction of sp³-hybridized carbons (Fsp3) is 0.579. The lowest BCUT2D eigenvalue weighted by Gasteiger charge is -2.22. The number of hydrogen-bond donors (Lipinski definition) is 2. The van der Waals surface area contributed by atoms with Gasteiger partial charge >= 0.3 is 0 Å². The van der Waals surface area contributed by atoms with Crippen LogP contribution in [0.25, 0.3) is 0 Å². The molecule has 3 unspecified atom stereocenters. The summed E-state index contributed by atoms with van der Waals surface area (Å²) in [7, 11) is 0. The normalized spacial score (nSPS) is 25.8. The second kappa shape index (κ2) is 8.19. The molecule has 3 N–H and O–H groups in total. The summed E-state index contributed by atoms with van der Waals surface area (Å²) in [5, 5.41) is 3.14. The van der Waals surface area contributed by atoms with Gasteiger partial charge < -0.3 is 16.0 Å². The molecule has 138 valence electrons. The van der Waals surface area contributed by atoms with Crippen molar-refractivity contribution in [3.63, 3.8) is 0 Å². The number of nitrogens with two attached hydrogens (primary N) is 1. The van der Waals surface area contributed by atoms with Crippen LogP contribution in [0.2, 0.25) is 0 Å². The first-order valence-corrected chi connectivity index (χ1v) is 8.88. The van der Waals surface area contributed by atoms with Gasteiger partial charge in [0.1, 0.15) is 0 Å². The van der Waals surface area contributed by atoms with Gasteiger partial charge in [-0.15, -0.1) is 12.4 Å². The Bertz CT molecular complexity index is 650. The van der Waals surface area contributed by atoms with Gasteiger partial charge in [0, 0.05) is 24.7 Å². The number of benzene rings is 1. The number of carbonyl (C=O) groups excluding carboxylic acids is 2. The zero-order chi connectivity index (χ0) is 17.3. The molecule has 0 aromatic heterocycles. The molecule has 0 bridgehead atoms. The van der Waals surface area contributed by atoms with Crippen molar-refractivity contribution in [1.29, 1.82) is 0 Å². The number of amides is 2. The van der Waals surface area contributed by atoms with Crippen molar-refractivity contribution in [3.05, 3.63) is 29.3 Å². The van der Waals surface area contributed by atoms with Crippen LogP contribution in [-0.2, 0) is 9.59 Å². The van der Waals surface area contributed by atoms with E-state index in [1.165, 1.54) is 0 Å². The van der Waals surface area contributed by atoms with Gasteiger partial charge in [-0.3, -0.25) is 9.59 Å². The van der Waals surface area contributed by atoms with Crippen LogP contribution in [-0.4, -0.2) is 30.9 Å². The fourth-order valence-corrected chi connectivity index (χ4v) is 3.95. The quantitative estimate of drug-likeness (QED) is 0.859. The van der Waals surface area contributed by atoms with Crippen LogP contribution in [0.5, 0.6) is 0 Å². The SMILES string of the molecule is Cc1cccc(N2CC(C(=O)NC3CCCC3CN)CC2=O)c1C.Cl. The van der Waals surface area contributed by atoms with Crippen LogP contribution in [0.4, 0.5) is 5.69 Å². The summed E-state index contributed by atoms with van der Waals surface area (Å²) in [5.74, 6) is 0.143. The van der Waals surface area contributed by atoms with Crippen molar-refractivity contribution in [3.8, 4) is 0 Å². The lowest BCUT2D eigenvalue weighted by molar-refractivity contribution is -0.127. The van der Waals surface area contributed by atoms with Crippen molar-refractivity contribution in [1.82, 2.24) is 5.32 Å². The molecule has 3 atom stereocenters. The third-order valence-corrected chi connectivity index (χ3v) is 5.65. The number of hydrogen-bond acceptors (Lipinski definition) is 3. The van der Waals surface area contributed by atoms with Gasteiger partial charge in [0.25, 0.3) is 0 Å². The van der Waals surface area contributed by atoms with Crippen LogP contribution in [0.3, 0.4) is 0 Å². The van der Waals surface area contributed by atoms with Crippen molar-refractivity contribution in [2.24, 2.45) is 17.6 Å². The molecule has 1 aliphatic heterocycles. The van der Waals surface area contributed by atoms with Crippen molar-refractivity contribution in [2.45, 2.75) is 45.6 Å². The summed E-state index contributed by atoms with van der Waals surface area (Å²) in [6.45, 7) is 5.14. The highest BCUT2D eigenvalue weighted by molar-refractivity contribution is 6.01. The molecule has 1 heterocycles. The number of nitrogens with zero attached hydrogens (tertiary/aromatic N) is 1. The van der Waals surface area contributed by atoms with E-state index >= 15 is 0 Å². The Morgan fingerprint density at radius 3 is 2.80 bits per heavy atom. The molecule has 5 nitrogen and oxygen atoms in total. The second-order valence-corrected chi connectivity index (χ2v) is 7.17. The number of rotatable bonds is 4. The summed E-state index contributed by atoms with van der Waals surface area (Å²) < 4.78 is 0. The molecule has 1 aliphatic carbocycles. The van der Waals surface area contributed by atoms with Crippen LogP contribution < -0.4 is 16.0 Å². The third-order valence-electron chi connectivity index (χ3n) is 5.65. The van der Waals surface area contributed by atoms with Crippen molar-refractivity contribution in [2.75, 3.05) is 18.0 Å². The first-order chi connectivity index (χ1) is 11.5. The Morgan fingerprint density at radius 2 is 2.08 bits per heavy atom. The molecular formula is C19H28ClN3O2. The number of carbonyl (C=O) groups is 2. The number of aryl methyl sites for hydroxylation is 1. The largest absolute Gasteiger partial charge is 0.353 e. The fourth-order valence-electron chi connectivity index (χ4n) is 3.95. The van der Waals surface area contributed by atoms with Gasteiger partial charge in [-0.25, -0.2) is 0 Å². The summed E-state index contributed by atoms with van der Waals surface area (Å²) in [6, 6.07) is 6.13. The lowest BCUT2D eigenvalue weighted by atomic mass is 10.0. The highest BCUT2D eigenvalue weighted by Crippen LogP contribution is 2.30. The number of anilines is 1. The van der Waals surface area contributed by atoms with Gasteiger partial charge in [-0.1, -0.05) is 18.6 Å². The van der Waals surface area contributed by atoms with Gasteiger partial charge in [0.05, 0.1) is 5.92 Å². The van der Waals surface area contributed by atoms with Crippen molar-refractivity contribution < 1.29 is 9.59 Å². The summed E-state index contributed by atoms with van der Waals surface area (Å²) in [5.41, 5.74) is 8.98. The smallest absolute Gasteiger partial charge is 0.227 e. The maximum absolute atomic E-state index is 12.6. The Morgan fingerprint density at radius 1 is 1.32 bits per heavy atom. The van der Waals surface area contributed by atoms with Gasteiger partial charge in [0.15, 0.2) is 0 Å². The van der Waals surface area contributed by atoms with Crippen LogP contribution >= 0.6 is 12.4 Å². The van der Waals surface area contributed by atoms with Gasteiger partial charge in [-0.2, -0.15) is 0 Å². The standard InChI is InChI=1S/C19H27N3O2.ClH/c1-12-5-3-8-17(13(12)2)22-11-15(9-18(22)23)19(24)21-16-7-4-6-14(16)10-20;/h3,5,8,14-16H,4,6-7,9-11,20H2,1-2H3,(H,21,24);1H. The number of halogens is 1. The maximum Gasteiger partial charge on any atom is 0.227 e. The first kappa shape index (κ1) is 19.7. The molecule has 2 amide bonds. The molecule has 0 spiro atoms. The van der Waals surface area contributed by atoms with E-state index < -0.39 is 0 Å². The minimum absolute atomic E-state index is 0. The van der Waals surface area contributed by atoms with E-state index in [9.17, 15) is 9.59 Å². The lowest BCUT2D eigenvalue weighted by Crippen LogP contribution is -2.43. The maximum atomic E-state index is 12.6. The summed E-state index contributed by atoms with van der Waals surface area (Å²) in [4.78, 5) is 26.8. The third kappa shape index (κ3) is 3.98. The van der Waals surface area contributed by atoms with E-state index in [4.69, 9.17) is 5.73 Å². The highest BCUT2D eigenvalue weighted by Gasteiger charge is 2.37. The molecule has 2 aliphatic rings. The van der Waals surface area contributed by atoms with Crippen molar-refractivity contribution >= 4 is 29.9 Å². The molecular weight excluding hydrogens is 338 g/mol. The minimum Gasteiger partial charge on any atom is -0.353 e. The predicted molar refractivity (Wildman–Crippen MR) is 102 cm³/mol.